The molecule has 11 heteroatoms. The van der Waals surface area contributed by atoms with Crippen LogP contribution in [-0.4, -0.2) is 44.8 Å². The topological polar surface area (TPSA) is 150 Å². The lowest BCUT2D eigenvalue weighted by atomic mass is 10.1. The van der Waals surface area contributed by atoms with Gasteiger partial charge in [0.25, 0.3) is 10.1 Å². The van der Waals surface area contributed by atoms with Crippen LogP contribution in [0.25, 0.3) is 10.8 Å². The molecule has 9 nitrogen and oxygen atoms in total. The van der Waals surface area contributed by atoms with Gasteiger partial charge in [0.15, 0.2) is 9.84 Å². The monoisotopic (exact) mass is 414 g/mol. The van der Waals surface area contributed by atoms with E-state index in [4.69, 9.17) is 4.55 Å². The van der Waals surface area contributed by atoms with Gasteiger partial charge in [-0.25, -0.2) is 13.2 Å². The van der Waals surface area contributed by atoms with Crippen molar-refractivity contribution < 1.29 is 31.3 Å². The lowest BCUT2D eigenvalue weighted by Gasteiger charge is -2.10. The molecule has 0 saturated carbocycles. The Morgan fingerprint density at radius 3 is 2.48 bits per heavy atom. The van der Waals surface area contributed by atoms with Crippen LogP contribution in [0.1, 0.15) is 6.42 Å². The van der Waals surface area contributed by atoms with Crippen LogP contribution < -0.4 is 10.6 Å². The Balaban J connectivity index is 2.08. The number of fused-ring (bicyclic) bond motifs is 1. The van der Waals surface area contributed by atoms with E-state index in [1.54, 1.807) is 0 Å². The largest absolute Gasteiger partial charge is 0.507 e. The molecule has 0 aliphatic carbocycles. The molecular weight excluding hydrogens is 396 g/mol. The molecular formula is C16H18N2O7S2. The predicted octanol–water partition coefficient (Wildman–Crippen LogP) is 1.86. The number of phenolic OH excluding ortho intramolecular Hbond substituents is 1. The van der Waals surface area contributed by atoms with Crippen molar-refractivity contribution >= 4 is 42.4 Å². The van der Waals surface area contributed by atoms with Crippen molar-refractivity contribution in [2.75, 3.05) is 17.6 Å². The second-order valence-electron chi connectivity index (χ2n) is 5.62. The Kier molecular flexibility index (Phi) is 6.08. The maximum absolute atomic E-state index is 11.9. The molecule has 0 spiro atoms. The lowest BCUT2D eigenvalue weighted by molar-refractivity contribution is 0.252. The third kappa shape index (κ3) is 5.67. The summed E-state index contributed by atoms with van der Waals surface area (Å²) >= 11 is 0. The zero-order valence-electron chi connectivity index (χ0n) is 14.0. The maximum Gasteiger partial charge on any atom is 0.319 e. The summed E-state index contributed by atoms with van der Waals surface area (Å²) < 4.78 is 54.1. The standard InChI is InChI=1S/C16H18N2O7S2/c1-2-26(21,22)7-3-6-17-16(20)18-12-4-5-14-11(8-12)9-13(10-15(14)19)27(23,24)25/h2,4-5,8-10,19H,1,3,6-7H2,(H2,17,18,20)(H,23,24,25). The number of sulfone groups is 1. The van der Waals surface area contributed by atoms with Crippen LogP contribution in [-0.2, 0) is 20.0 Å². The molecule has 0 unspecified atom stereocenters. The van der Waals surface area contributed by atoms with Crippen LogP contribution in [0.5, 0.6) is 5.75 Å². The van der Waals surface area contributed by atoms with E-state index in [0.29, 0.717) is 11.1 Å². The van der Waals surface area contributed by atoms with Crippen LogP contribution in [0.2, 0.25) is 0 Å². The number of aromatic hydroxyl groups is 1. The lowest BCUT2D eigenvalue weighted by Crippen LogP contribution is -2.30. The van der Waals surface area contributed by atoms with Gasteiger partial charge in [0, 0.05) is 29.1 Å². The van der Waals surface area contributed by atoms with Crippen molar-refractivity contribution in [2.24, 2.45) is 0 Å². The zero-order valence-corrected chi connectivity index (χ0v) is 15.7. The number of carbonyl (C=O) groups excluding carboxylic acids is 1. The van der Waals surface area contributed by atoms with E-state index >= 15 is 0 Å². The fraction of sp³-hybridized carbons (Fsp3) is 0.188. The highest BCUT2D eigenvalue weighted by atomic mass is 32.2. The van der Waals surface area contributed by atoms with Gasteiger partial charge in [-0.2, -0.15) is 8.42 Å². The summed E-state index contributed by atoms with van der Waals surface area (Å²) in [5, 5.41) is 16.4. The number of carbonyl (C=O) groups is 1. The van der Waals surface area contributed by atoms with Crippen molar-refractivity contribution in [3.8, 4) is 5.75 Å². The number of rotatable bonds is 7. The summed E-state index contributed by atoms with van der Waals surface area (Å²) in [7, 11) is -7.82. The molecule has 2 rings (SSSR count). The van der Waals surface area contributed by atoms with Crippen molar-refractivity contribution in [3.63, 3.8) is 0 Å². The number of urea groups is 1. The first-order valence-electron chi connectivity index (χ1n) is 7.66. The summed E-state index contributed by atoms with van der Waals surface area (Å²) in [5.74, 6) is -0.468. The van der Waals surface area contributed by atoms with Gasteiger partial charge in [0.05, 0.1) is 10.6 Å². The molecule has 0 saturated heterocycles. The fourth-order valence-electron chi connectivity index (χ4n) is 2.28. The van der Waals surface area contributed by atoms with Gasteiger partial charge < -0.3 is 15.7 Å². The highest BCUT2D eigenvalue weighted by Gasteiger charge is 2.14. The molecule has 0 radical (unpaired) electrons. The molecule has 0 atom stereocenters. The highest BCUT2D eigenvalue weighted by Crippen LogP contribution is 2.30. The Morgan fingerprint density at radius 1 is 1.15 bits per heavy atom. The summed E-state index contributed by atoms with van der Waals surface area (Å²) in [5.41, 5.74) is 0.311. The number of anilines is 1. The highest BCUT2D eigenvalue weighted by molar-refractivity contribution is 7.94. The molecule has 0 heterocycles. The third-order valence-electron chi connectivity index (χ3n) is 3.61. The van der Waals surface area contributed by atoms with E-state index in [9.17, 15) is 26.7 Å². The van der Waals surface area contributed by atoms with E-state index < -0.39 is 30.9 Å². The summed E-state index contributed by atoms with van der Waals surface area (Å²) in [4.78, 5) is 11.4. The van der Waals surface area contributed by atoms with Gasteiger partial charge in [-0.3, -0.25) is 4.55 Å². The Labute approximate surface area is 156 Å². The minimum atomic E-state index is -4.50. The minimum absolute atomic E-state index is 0.125. The number of nitrogens with one attached hydrogen (secondary N) is 2. The first-order valence-corrected chi connectivity index (χ1v) is 10.8. The van der Waals surface area contributed by atoms with E-state index in [1.165, 1.54) is 18.2 Å². The van der Waals surface area contributed by atoms with Gasteiger partial charge in [-0.15, -0.1) is 0 Å². The van der Waals surface area contributed by atoms with Gasteiger partial charge in [0.2, 0.25) is 0 Å². The number of benzene rings is 2. The van der Waals surface area contributed by atoms with Gasteiger partial charge in [-0.05, 0) is 36.1 Å². The van der Waals surface area contributed by atoms with Crippen LogP contribution in [0.3, 0.4) is 0 Å². The summed E-state index contributed by atoms with van der Waals surface area (Å²) in [6, 6.07) is 5.90. The quantitative estimate of drug-likeness (QED) is 0.399. The first-order chi connectivity index (χ1) is 12.5. The number of amides is 2. The van der Waals surface area contributed by atoms with Gasteiger partial charge in [-0.1, -0.05) is 6.58 Å². The average molecular weight is 414 g/mol. The molecule has 0 aliphatic heterocycles. The zero-order chi connectivity index (χ0) is 20.2. The van der Waals surface area contributed by atoms with E-state index in [1.807, 2.05) is 0 Å². The number of phenols is 1. The second kappa shape index (κ2) is 7.94. The van der Waals surface area contributed by atoms with Gasteiger partial charge >= 0.3 is 6.03 Å². The van der Waals surface area contributed by atoms with Crippen molar-refractivity contribution in [1.29, 1.82) is 0 Å². The Hall–Kier alpha value is -2.63. The number of hydrogen-bond acceptors (Lipinski definition) is 6. The molecule has 4 N–H and O–H groups in total. The predicted molar refractivity (Wildman–Crippen MR) is 101 cm³/mol. The number of hydrogen-bond donors (Lipinski definition) is 4. The first kappa shape index (κ1) is 20.7. The van der Waals surface area contributed by atoms with Crippen molar-refractivity contribution in [1.82, 2.24) is 5.32 Å². The molecule has 27 heavy (non-hydrogen) atoms. The third-order valence-corrected chi connectivity index (χ3v) is 5.80. The van der Waals surface area contributed by atoms with E-state index in [-0.39, 0.29) is 29.9 Å². The van der Waals surface area contributed by atoms with Crippen molar-refractivity contribution in [2.45, 2.75) is 11.3 Å². The van der Waals surface area contributed by atoms with E-state index in [2.05, 4.69) is 17.2 Å². The Morgan fingerprint density at radius 2 is 1.85 bits per heavy atom. The summed E-state index contributed by atoms with van der Waals surface area (Å²) in [6.07, 6.45) is 0.213. The smallest absolute Gasteiger partial charge is 0.319 e. The van der Waals surface area contributed by atoms with Crippen LogP contribution in [0, 0.1) is 0 Å². The van der Waals surface area contributed by atoms with Crippen LogP contribution in [0.4, 0.5) is 10.5 Å². The molecule has 2 amide bonds. The minimum Gasteiger partial charge on any atom is -0.507 e. The Bertz CT molecular complexity index is 1090. The fourth-order valence-corrected chi connectivity index (χ4v) is 3.53. The molecule has 0 aliphatic rings. The van der Waals surface area contributed by atoms with Crippen molar-refractivity contribution in [3.05, 3.63) is 42.3 Å². The van der Waals surface area contributed by atoms with Crippen LogP contribution in [0.15, 0.2) is 47.2 Å². The molecule has 2 aromatic carbocycles. The molecule has 0 fully saturated rings. The average Bonchev–Trinajstić information content (AvgIpc) is 2.57. The maximum atomic E-state index is 11.9. The van der Waals surface area contributed by atoms with Crippen LogP contribution >= 0.6 is 0 Å². The summed E-state index contributed by atoms with van der Waals surface area (Å²) in [6.45, 7) is 3.32. The van der Waals surface area contributed by atoms with E-state index in [0.717, 1.165) is 17.5 Å². The molecule has 2 aromatic rings. The molecule has 0 aromatic heterocycles. The second-order valence-corrected chi connectivity index (χ2v) is 9.11. The molecule has 0 bridgehead atoms. The molecule has 146 valence electrons. The normalized spacial score (nSPS) is 11.9. The SMILES string of the molecule is C=CS(=O)(=O)CCCNC(=O)Nc1ccc2c(O)cc(S(=O)(=O)O)cc2c1. The van der Waals surface area contributed by atoms with Gasteiger partial charge in [0.1, 0.15) is 5.75 Å².